The van der Waals surface area contributed by atoms with E-state index in [1.807, 2.05) is 0 Å². The van der Waals surface area contributed by atoms with E-state index >= 15 is 0 Å². The lowest BCUT2D eigenvalue weighted by atomic mass is 10.0. The lowest BCUT2D eigenvalue weighted by Gasteiger charge is -2.06. The maximum atomic E-state index is 11.0. The minimum Gasteiger partial charge on any atom is -0.461 e. The molecular formula is C11H9BrN2O4. The minimum absolute atomic E-state index is 0.0657. The summed E-state index contributed by atoms with van der Waals surface area (Å²) in [4.78, 5) is 25.4. The predicted molar refractivity (Wildman–Crippen MR) is 67.7 cm³/mol. The molecule has 2 rings (SSSR count). The molecule has 1 heterocycles. The Balaban J connectivity index is 2.41. The number of aliphatic imine (C=N–C) groups is 1. The number of benzene rings is 1. The van der Waals surface area contributed by atoms with Crippen molar-refractivity contribution in [2.45, 2.75) is 20.1 Å². The van der Waals surface area contributed by atoms with Crippen LogP contribution in [0.1, 0.15) is 23.6 Å². The Bertz CT molecular complexity index is 568. The molecule has 0 unspecified atom stereocenters. The number of nitro groups is 1. The van der Waals surface area contributed by atoms with Gasteiger partial charge in [-0.25, -0.2) is 0 Å². The molecule has 1 aromatic rings. The zero-order chi connectivity index (χ0) is 13.3. The van der Waals surface area contributed by atoms with Crippen LogP contribution in [-0.4, -0.2) is 15.5 Å². The topological polar surface area (TPSA) is 81.8 Å². The average Bonchev–Trinajstić information content (AvgIpc) is 2.66. The van der Waals surface area contributed by atoms with Gasteiger partial charge in [-0.3, -0.25) is 19.9 Å². The standard InChI is InChI=1S/C11H9BrN2O4/c1-6(15)18-5-8-2-7-4-13-11(12)9(7)3-10(8)14(16)17/h2-3H,4-5H2,1H3. The van der Waals surface area contributed by atoms with E-state index in [1.165, 1.54) is 13.0 Å². The Hall–Kier alpha value is -1.76. The molecule has 0 saturated heterocycles. The first-order chi connectivity index (χ1) is 8.49. The fraction of sp³-hybridized carbons (Fsp3) is 0.273. The molecule has 1 aliphatic heterocycles. The molecule has 0 aliphatic carbocycles. The Kier molecular flexibility index (Phi) is 3.42. The summed E-state index contributed by atoms with van der Waals surface area (Å²) in [7, 11) is 0. The first kappa shape index (κ1) is 12.7. The van der Waals surface area contributed by atoms with Gasteiger partial charge in [0.15, 0.2) is 0 Å². The molecule has 7 heteroatoms. The van der Waals surface area contributed by atoms with Crippen LogP contribution in [0.15, 0.2) is 17.1 Å². The van der Waals surface area contributed by atoms with Gasteiger partial charge in [-0.2, -0.15) is 0 Å². The fourth-order valence-corrected chi connectivity index (χ4v) is 2.21. The molecule has 18 heavy (non-hydrogen) atoms. The SMILES string of the molecule is CC(=O)OCc1cc2c(cc1[N+](=O)[O-])C(Br)=NC2. The van der Waals surface area contributed by atoms with Crippen LogP contribution < -0.4 is 0 Å². The maximum absolute atomic E-state index is 11.0. The van der Waals surface area contributed by atoms with Crippen LogP contribution in [-0.2, 0) is 22.7 Å². The van der Waals surface area contributed by atoms with Crippen LogP contribution in [0, 0.1) is 10.1 Å². The van der Waals surface area contributed by atoms with E-state index in [-0.39, 0.29) is 12.3 Å². The van der Waals surface area contributed by atoms with Gasteiger partial charge in [0.25, 0.3) is 5.69 Å². The number of fused-ring (bicyclic) bond motifs is 1. The number of nitro benzene ring substituents is 1. The highest BCUT2D eigenvalue weighted by atomic mass is 79.9. The summed E-state index contributed by atoms with van der Waals surface area (Å²) in [6, 6.07) is 3.11. The highest BCUT2D eigenvalue weighted by molar-refractivity contribution is 9.18. The van der Waals surface area contributed by atoms with E-state index in [9.17, 15) is 14.9 Å². The molecule has 1 aromatic carbocycles. The smallest absolute Gasteiger partial charge is 0.302 e. The van der Waals surface area contributed by atoms with Crippen LogP contribution in [0.2, 0.25) is 0 Å². The lowest BCUT2D eigenvalue weighted by Crippen LogP contribution is -2.04. The van der Waals surface area contributed by atoms with E-state index in [2.05, 4.69) is 20.9 Å². The molecule has 0 amide bonds. The zero-order valence-corrected chi connectivity index (χ0v) is 11.1. The first-order valence-corrected chi connectivity index (χ1v) is 5.92. The third-order valence-corrected chi connectivity index (χ3v) is 3.22. The van der Waals surface area contributed by atoms with Crippen molar-refractivity contribution in [1.29, 1.82) is 0 Å². The number of hydrogen-bond acceptors (Lipinski definition) is 5. The summed E-state index contributed by atoms with van der Waals surface area (Å²) in [5.41, 5.74) is 1.92. The van der Waals surface area contributed by atoms with Crippen molar-refractivity contribution in [3.05, 3.63) is 38.9 Å². The van der Waals surface area contributed by atoms with Crippen LogP contribution in [0.3, 0.4) is 0 Å². The molecule has 6 nitrogen and oxygen atoms in total. The van der Waals surface area contributed by atoms with E-state index in [0.717, 1.165) is 5.56 Å². The number of esters is 1. The normalized spacial score (nSPS) is 12.9. The third-order valence-electron chi connectivity index (χ3n) is 2.54. The largest absolute Gasteiger partial charge is 0.461 e. The number of rotatable bonds is 3. The summed E-state index contributed by atoms with van der Waals surface area (Å²) < 4.78 is 5.42. The van der Waals surface area contributed by atoms with Gasteiger partial charge >= 0.3 is 5.97 Å². The first-order valence-electron chi connectivity index (χ1n) is 5.13. The Morgan fingerprint density at radius 3 is 2.94 bits per heavy atom. The molecule has 0 atom stereocenters. The average molecular weight is 313 g/mol. The van der Waals surface area contributed by atoms with Crippen molar-refractivity contribution < 1.29 is 14.5 Å². The molecule has 1 aliphatic rings. The highest BCUT2D eigenvalue weighted by Crippen LogP contribution is 2.30. The lowest BCUT2D eigenvalue weighted by molar-refractivity contribution is -0.385. The summed E-state index contributed by atoms with van der Waals surface area (Å²) in [6.45, 7) is 1.64. The second-order valence-electron chi connectivity index (χ2n) is 3.78. The van der Waals surface area contributed by atoms with E-state index in [1.54, 1.807) is 6.07 Å². The predicted octanol–water partition coefficient (Wildman–Crippen LogP) is 2.31. The Morgan fingerprint density at radius 2 is 2.33 bits per heavy atom. The Labute approximate surface area is 111 Å². The number of carbonyl (C=O) groups excluding carboxylic acids is 1. The van der Waals surface area contributed by atoms with Gasteiger partial charge in [-0.15, -0.1) is 0 Å². The van der Waals surface area contributed by atoms with Gasteiger partial charge in [0, 0.05) is 18.6 Å². The molecular weight excluding hydrogens is 304 g/mol. The molecule has 0 spiro atoms. The van der Waals surface area contributed by atoms with E-state index < -0.39 is 10.9 Å². The van der Waals surface area contributed by atoms with Crippen molar-refractivity contribution in [3.8, 4) is 0 Å². The quantitative estimate of drug-likeness (QED) is 0.487. The van der Waals surface area contributed by atoms with Gasteiger partial charge in [0.05, 0.1) is 17.0 Å². The van der Waals surface area contributed by atoms with Gasteiger partial charge in [-0.05, 0) is 27.6 Å². The zero-order valence-electron chi connectivity index (χ0n) is 9.47. The fourth-order valence-electron chi connectivity index (χ4n) is 1.71. The van der Waals surface area contributed by atoms with Crippen molar-refractivity contribution in [2.24, 2.45) is 4.99 Å². The third kappa shape index (κ3) is 2.40. The van der Waals surface area contributed by atoms with Crippen LogP contribution in [0.25, 0.3) is 0 Å². The summed E-state index contributed by atoms with van der Waals surface area (Å²) in [5.74, 6) is -0.470. The van der Waals surface area contributed by atoms with Gasteiger partial charge in [0.2, 0.25) is 0 Å². The van der Waals surface area contributed by atoms with E-state index in [4.69, 9.17) is 4.74 Å². The van der Waals surface area contributed by atoms with Gasteiger partial charge in [0.1, 0.15) is 11.2 Å². The summed E-state index contributed by atoms with van der Waals surface area (Å²) in [6.07, 6.45) is 0. The summed E-state index contributed by atoms with van der Waals surface area (Å²) in [5, 5.41) is 11.0. The van der Waals surface area contributed by atoms with Crippen molar-refractivity contribution in [3.63, 3.8) is 0 Å². The molecule has 0 fully saturated rings. The number of halogens is 1. The van der Waals surface area contributed by atoms with E-state index in [0.29, 0.717) is 22.3 Å². The molecule has 0 bridgehead atoms. The summed E-state index contributed by atoms with van der Waals surface area (Å²) >= 11 is 3.25. The molecule has 0 saturated carbocycles. The van der Waals surface area contributed by atoms with Crippen LogP contribution in [0.4, 0.5) is 5.69 Å². The molecule has 0 N–H and O–H groups in total. The van der Waals surface area contributed by atoms with Crippen LogP contribution >= 0.6 is 15.9 Å². The number of ether oxygens (including phenoxy) is 1. The number of carbonyl (C=O) groups is 1. The van der Waals surface area contributed by atoms with Crippen molar-refractivity contribution >= 4 is 32.2 Å². The second-order valence-corrected chi connectivity index (χ2v) is 4.53. The minimum atomic E-state index is -0.488. The maximum Gasteiger partial charge on any atom is 0.302 e. The Morgan fingerprint density at radius 1 is 1.61 bits per heavy atom. The van der Waals surface area contributed by atoms with Gasteiger partial charge < -0.3 is 4.74 Å². The molecule has 94 valence electrons. The number of hydrogen-bond donors (Lipinski definition) is 0. The number of nitrogens with zero attached hydrogens (tertiary/aromatic N) is 2. The monoisotopic (exact) mass is 312 g/mol. The second kappa shape index (κ2) is 4.85. The molecule has 0 aromatic heterocycles. The van der Waals surface area contributed by atoms with Crippen molar-refractivity contribution in [1.82, 2.24) is 0 Å². The van der Waals surface area contributed by atoms with Gasteiger partial charge in [-0.1, -0.05) is 0 Å². The highest BCUT2D eigenvalue weighted by Gasteiger charge is 2.23. The molecule has 0 radical (unpaired) electrons. The van der Waals surface area contributed by atoms with Crippen molar-refractivity contribution in [2.75, 3.05) is 0 Å². The van der Waals surface area contributed by atoms with Crippen LogP contribution in [0.5, 0.6) is 0 Å².